The van der Waals surface area contributed by atoms with Crippen LogP contribution < -0.4 is 9.46 Å². The summed E-state index contributed by atoms with van der Waals surface area (Å²) in [5.74, 6) is -0.536. The third-order valence-corrected chi connectivity index (χ3v) is 4.69. The Labute approximate surface area is 138 Å². The van der Waals surface area contributed by atoms with Crippen molar-refractivity contribution in [1.82, 2.24) is 10.2 Å². The van der Waals surface area contributed by atoms with E-state index in [0.717, 1.165) is 17.7 Å². The average molecular weight is 347 g/mol. The van der Waals surface area contributed by atoms with Gasteiger partial charge in [0.1, 0.15) is 16.5 Å². The number of halogens is 1. The average Bonchev–Trinajstić information content (AvgIpc) is 3.03. The lowest BCUT2D eigenvalue weighted by Gasteiger charge is -2.09. The molecule has 2 aromatic carbocycles. The lowest BCUT2D eigenvalue weighted by atomic mass is 10.2. The van der Waals surface area contributed by atoms with Gasteiger partial charge in [-0.25, -0.2) is 12.8 Å². The normalized spacial score (nSPS) is 11.2. The highest BCUT2D eigenvalue weighted by molar-refractivity contribution is 7.92. The van der Waals surface area contributed by atoms with E-state index in [9.17, 15) is 12.8 Å². The summed E-state index contributed by atoms with van der Waals surface area (Å²) in [5, 5.41) is 6.69. The smallest absolute Gasteiger partial charge is 0.266 e. The van der Waals surface area contributed by atoms with Crippen LogP contribution in [0, 0.1) is 5.82 Å². The molecule has 0 aliphatic heterocycles. The summed E-state index contributed by atoms with van der Waals surface area (Å²) in [7, 11) is -2.73. The quantitative estimate of drug-likeness (QED) is 0.743. The van der Waals surface area contributed by atoms with Gasteiger partial charge in [0.15, 0.2) is 5.82 Å². The van der Waals surface area contributed by atoms with Gasteiger partial charge < -0.3 is 4.74 Å². The van der Waals surface area contributed by atoms with Crippen molar-refractivity contribution in [2.24, 2.45) is 0 Å². The van der Waals surface area contributed by atoms with Crippen LogP contribution in [0.2, 0.25) is 0 Å². The zero-order valence-electron chi connectivity index (χ0n) is 12.7. The molecule has 0 bridgehead atoms. The van der Waals surface area contributed by atoms with Gasteiger partial charge in [-0.15, -0.1) is 0 Å². The van der Waals surface area contributed by atoms with Gasteiger partial charge in [-0.2, -0.15) is 5.10 Å². The van der Waals surface area contributed by atoms with Crippen molar-refractivity contribution in [3.05, 3.63) is 60.4 Å². The fraction of sp³-hybridized carbons (Fsp3) is 0.0625. The van der Waals surface area contributed by atoms with Gasteiger partial charge in [-0.1, -0.05) is 30.3 Å². The van der Waals surface area contributed by atoms with E-state index in [2.05, 4.69) is 14.9 Å². The standard InChI is InChI=1S/C16H14FN3O3S/c1-23-14-8-7-12(17)9-15(14)24(21,22)20-16-10-13(18-19-16)11-5-3-2-4-6-11/h2-10H,1H3,(H2,18,19,20). The Hall–Kier alpha value is -2.87. The summed E-state index contributed by atoms with van der Waals surface area (Å²) in [4.78, 5) is -0.297. The highest BCUT2D eigenvalue weighted by Crippen LogP contribution is 2.27. The molecule has 0 fully saturated rings. The van der Waals surface area contributed by atoms with Gasteiger partial charge in [0.25, 0.3) is 10.0 Å². The fourth-order valence-electron chi connectivity index (χ4n) is 2.19. The van der Waals surface area contributed by atoms with Crippen molar-refractivity contribution in [2.45, 2.75) is 4.90 Å². The van der Waals surface area contributed by atoms with E-state index < -0.39 is 15.8 Å². The Kier molecular flexibility index (Phi) is 4.22. The Balaban J connectivity index is 1.91. The minimum Gasteiger partial charge on any atom is -0.495 e. The molecule has 124 valence electrons. The van der Waals surface area contributed by atoms with Gasteiger partial charge in [-0.3, -0.25) is 9.82 Å². The second-order valence-electron chi connectivity index (χ2n) is 4.93. The Morgan fingerprint density at radius 3 is 2.58 bits per heavy atom. The molecule has 0 saturated carbocycles. The van der Waals surface area contributed by atoms with Crippen LogP contribution >= 0.6 is 0 Å². The van der Waals surface area contributed by atoms with E-state index in [0.29, 0.717) is 5.69 Å². The van der Waals surface area contributed by atoms with Gasteiger partial charge >= 0.3 is 0 Å². The largest absolute Gasteiger partial charge is 0.495 e. The van der Waals surface area contributed by atoms with E-state index in [-0.39, 0.29) is 16.5 Å². The monoisotopic (exact) mass is 347 g/mol. The SMILES string of the molecule is COc1ccc(F)cc1S(=O)(=O)Nc1cc(-c2ccccc2)[nH]n1. The topological polar surface area (TPSA) is 84.1 Å². The first-order valence-corrected chi connectivity index (χ1v) is 8.45. The molecule has 6 nitrogen and oxygen atoms in total. The maximum Gasteiger partial charge on any atom is 0.266 e. The molecule has 0 aliphatic rings. The number of ether oxygens (including phenoxy) is 1. The second-order valence-corrected chi connectivity index (χ2v) is 6.58. The first-order chi connectivity index (χ1) is 11.5. The molecule has 0 spiro atoms. The highest BCUT2D eigenvalue weighted by atomic mass is 32.2. The zero-order valence-corrected chi connectivity index (χ0v) is 13.5. The Morgan fingerprint density at radius 2 is 1.88 bits per heavy atom. The summed E-state index contributed by atoms with van der Waals surface area (Å²) in [5.41, 5.74) is 1.51. The van der Waals surface area contributed by atoms with Crippen LogP contribution in [0.1, 0.15) is 0 Å². The molecule has 2 N–H and O–H groups in total. The summed E-state index contributed by atoms with van der Waals surface area (Å²) in [6.07, 6.45) is 0. The number of sulfonamides is 1. The van der Waals surface area contributed by atoms with Crippen molar-refractivity contribution in [1.29, 1.82) is 0 Å². The van der Waals surface area contributed by atoms with Gasteiger partial charge in [0, 0.05) is 6.07 Å². The lowest BCUT2D eigenvalue weighted by Crippen LogP contribution is -2.14. The van der Waals surface area contributed by atoms with Crippen LogP contribution in [0.3, 0.4) is 0 Å². The predicted octanol–water partition coefficient (Wildman–Crippen LogP) is 3.03. The molecular weight excluding hydrogens is 333 g/mol. The van der Waals surface area contributed by atoms with E-state index in [4.69, 9.17) is 4.74 Å². The first-order valence-electron chi connectivity index (χ1n) is 6.97. The number of rotatable bonds is 5. The maximum absolute atomic E-state index is 13.4. The summed E-state index contributed by atoms with van der Waals surface area (Å²) >= 11 is 0. The fourth-order valence-corrected chi connectivity index (χ4v) is 3.37. The van der Waals surface area contributed by atoms with Crippen LogP contribution in [-0.4, -0.2) is 25.7 Å². The first kappa shape index (κ1) is 16.0. The van der Waals surface area contributed by atoms with Gasteiger partial charge in [-0.05, 0) is 23.8 Å². The van der Waals surface area contributed by atoms with Crippen LogP contribution in [0.5, 0.6) is 5.75 Å². The maximum atomic E-state index is 13.4. The number of benzene rings is 2. The Morgan fingerprint density at radius 1 is 1.12 bits per heavy atom. The molecule has 0 radical (unpaired) electrons. The van der Waals surface area contributed by atoms with Crippen molar-refractivity contribution in [3.63, 3.8) is 0 Å². The molecule has 1 aromatic heterocycles. The van der Waals surface area contributed by atoms with Gasteiger partial charge in [0.05, 0.1) is 12.8 Å². The van der Waals surface area contributed by atoms with E-state index >= 15 is 0 Å². The molecule has 1 heterocycles. The molecule has 3 rings (SSSR count). The second kappa shape index (κ2) is 6.32. The molecule has 0 aliphatic carbocycles. The number of H-pyrrole nitrogens is 1. The predicted molar refractivity (Wildman–Crippen MR) is 87.8 cm³/mol. The molecular formula is C16H14FN3O3S. The van der Waals surface area contributed by atoms with Crippen molar-refractivity contribution in [3.8, 4) is 17.0 Å². The van der Waals surface area contributed by atoms with E-state index in [1.54, 1.807) is 6.07 Å². The number of anilines is 1. The lowest BCUT2D eigenvalue weighted by molar-refractivity contribution is 0.401. The number of hydrogen-bond donors (Lipinski definition) is 2. The van der Waals surface area contributed by atoms with Crippen molar-refractivity contribution >= 4 is 15.8 Å². The number of aromatic nitrogens is 2. The van der Waals surface area contributed by atoms with Crippen molar-refractivity contribution in [2.75, 3.05) is 11.8 Å². The van der Waals surface area contributed by atoms with Gasteiger partial charge in [0.2, 0.25) is 0 Å². The van der Waals surface area contributed by atoms with Crippen molar-refractivity contribution < 1.29 is 17.5 Å². The molecule has 0 unspecified atom stereocenters. The highest BCUT2D eigenvalue weighted by Gasteiger charge is 2.21. The number of nitrogens with one attached hydrogen (secondary N) is 2. The summed E-state index contributed by atoms with van der Waals surface area (Å²) in [6, 6.07) is 14.1. The summed E-state index contributed by atoms with van der Waals surface area (Å²) in [6.45, 7) is 0. The summed E-state index contributed by atoms with van der Waals surface area (Å²) < 4.78 is 45.6. The third-order valence-electron chi connectivity index (χ3n) is 3.32. The zero-order chi connectivity index (χ0) is 17.2. The minimum absolute atomic E-state index is 0.0442. The van der Waals surface area contributed by atoms with Crippen LogP contribution in [0.4, 0.5) is 10.2 Å². The van der Waals surface area contributed by atoms with Crippen LogP contribution in [0.15, 0.2) is 59.5 Å². The molecule has 0 saturated heterocycles. The van der Waals surface area contributed by atoms with Crippen LogP contribution in [0.25, 0.3) is 11.3 Å². The number of aromatic amines is 1. The molecule has 0 atom stereocenters. The van der Waals surface area contributed by atoms with Crippen LogP contribution in [-0.2, 0) is 10.0 Å². The molecule has 3 aromatic rings. The third kappa shape index (κ3) is 3.23. The molecule has 0 amide bonds. The van der Waals surface area contributed by atoms with E-state index in [1.807, 2.05) is 30.3 Å². The van der Waals surface area contributed by atoms with E-state index in [1.165, 1.54) is 13.2 Å². The number of hydrogen-bond acceptors (Lipinski definition) is 4. The number of nitrogens with zero attached hydrogens (tertiary/aromatic N) is 1. The number of methoxy groups -OCH3 is 1. The minimum atomic E-state index is -4.04. The molecule has 8 heteroatoms. The Bertz CT molecular complexity index is 956. The molecule has 24 heavy (non-hydrogen) atoms.